The van der Waals surface area contributed by atoms with E-state index >= 15 is 0 Å². The Morgan fingerprint density at radius 2 is 2.17 bits per heavy atom. The van der Waals surface area contributed by atoms with Crippen LogP contribution in [0.15, 0.2) is 35.2 Å². The zero-order valence-electron chi connectivity index (χ0n) is 9.45. The Hall–Kier alpha value is -1.46. The quantitative estimate of drug-likeness (QED) is 0.860. The van der Waals surface area contributed by atoms with Gasteiger partial charge in [-0.25, -0.2) is 4.98 Å². The fraction of sp³-hybridized carbons (Fsp3) is 0.0833. The maximum atomic E-state index is 12.0. The van der Waals surface area contributed by atoms with Gasteiger partial charge in [-0.05, 0) is 41.1 Å². The van der Waals surface area contributed by atoms with E-state index in [1.165, 1.54) is 6.20 Å². The number of nitrogens with zero attached hydrogens (tertiary/aromatic N) is 2. The van der Waals surface area contributed by atoms with Crippen LogP contribution in [0.1, 0.15) is 16.1 Å². The van der Waals surface area contributed by atoms with Crippen LogP contribution in [0.4, 0.5) is 5.69 Å². The Morgan fingerprint density at radius 3 is 2.89 bits per heavy atom. The summed E-state index contributed by atoms with van der Waals surface area (Å²) in [5, 5.41) is 3.19. The van der Waals surface area contributed by atoms with Crippen LogP contribution in [-0.2, 0) is 0 Å². The van der Waals surface area contributed by atoms with Crippen LogP contribution in [0.2, 0.25) is 5.02 Å². The number of halogens is 2. The average Bonchev–Trinajstić information content (AvgIpc) is 2.34. The molecule has 0 fully saturated rings. The predicted octanol–water partition coefficient (Wildman–Crippen LogP) is 3.45. The summed E-state index contributed by atoms with van der Waals surface area (Å²) in [6.07, 6.45) is 3.09. The normalized spacial score (nSPS) is 10.2. The Balaban J connectivity index is 2.24. The number of hydrogen-bond acceptors (Lipinski definition) is 3. The molecule has 4 nitrogen and oxygen atoms in total. The van der Waals surface area contributed by atoms with Crippen molar-refractivity contribution in [3.63, 3.8) is 0 Å². The van der Waals surface area contributed by atoms with Crippen molar-refractivity contribution in [2.75, 3.05) is 5.32 Å². The van der Waals surface area contributed by atoms with Crippen molar-refractivity contribution in [2.24, 2.45) is 0 Å². The molecule has 18 heavy (non-hydrogen) atoms. The number of carbonyl (C=O) groups is 1. The van der Waals surface area contributed by atoms with Crippen LogP contribution < -0.4 is 5.32 Å². The lowest BCUT2D eigenvalue weighted by molar-refractivity contribution is 0.102. The first-order valence-corrected chi connectivity index (χ1v) is 6.28. The summed E-state index contributed by atoms with van der Waals surface area (Å²) in [5.74, 6) is -0.231. The summed E-state index contributed by atoms with van der Waals surface area (Å²) in [4.78, 5) is 20.0. The molecule has 0 saturated carbocycles. The van der Waals surface area contributed by atoms with E-state index in [0.717, 1.165) is 5.69 Å². The number of rotatable bonds is 2. The molecular weight excluding hydrogens is 318 g/mol. The Kier molecular flexibility index (Phi) is 3.93. The molecule has 0 aromatic carbocycles. The maximum Gasteiger partial charge on any atom is 0.255 e. The lowest BCUT2D eigenvalue weighted by Crippen LogP contribution is -2.13. The van der Waals surface area contributed by atoms with Crippen LogP contribution in [0.25, 0.3) is 0 Å². The van der Waals surface area contributed by atoms with E-state index in [9.17, 15) is 4.79 Å². The summed E-state index contributed by atoms with van der Waals surface area (Å²) >= 11 is 9.08. The fourth-order valence-corrected chi connectivity index (χ4v) is 1.87. The number of aryl methyl sites for hydroxylation is 1. The molecule has 1 N–H and O–H groups in total. The van der Waals surface area contributed by atoms with Crippen molar-refractivity contribution < 1.29 is 4.79 Å². The minimum Gasteiger partial charge on any atom is -0.320 e. The van der Waals surface area contributed by atoms with Crippen molar-refractivity contribution in [3.05, 3.63) is 51.5 Å². The van der Waals surface area contributed by atoms with Gasteiger partial charge in [0.2, 0.25) is 0 Å². The van der Waals surface area contributed by atoms with Crippen LogP contribution in [-0.4, -0.2) is 15.9 Å². The van der Waals surface area contributed by atoms with E-state index in [1.807, 2.05) is 6.92 Å². The zero-order chi connectivity index (χ0) is 13.1. The van der Waals surface area contributed by atoms with Gasteiger partial charge in [0.1, 0.15) is 4.60 Å². The van der Waals surface area contributed by atoms with Gasteiger partial charge in [0.05, 0.1) is 10.7 Å². The van der Waals surface area contributed by atoms with Gasteiger partial charge in [0, 0.05) is 23.7 Å². The number of anilines is 1. The number of aromatic nitrogens is 2. The van der Waals surface area contributed by atoms with Crippen molar-refractivity contribution in [2.45, 2.75) is 6.92 Å². The number of pyridine rings is 2. The van der Waals surface area contributed by atoms with E-state index in [1.54, 1.807) is 24.4 Å². The molecular formula is C12H9BrClN3O. The van der Waals surface area contributed by atoms with Crippen LogP contribution in [0, 0.1) is 6.92 Å². The van der Waals surface area contributed by atoms with Crippen molar-refractivity contribution in [3.8, 4) is 0 Å². The van der Waals surface area contributed by atoms with Gasteiger partial charge in [-0.15, -0.1) is 0 Å². The molecule has 2 aromatic rings. The minimum absolute atomic E-state index is 0.231. The SMILES string of the molecule is Cc1cc(C(=O)Nc2cc(Cl)cnc2Br)ccn1. The first kappa shape index (κ1) is 13.0. The van der Waals surface area contributed by atoms with Crippen molar-refractivity contribution in [1.29, 1.82) is 0 Å². The second-order valence-electron chi connectivity index (χ2n) is 3.63. The molecule has 0 aliphatic carbocycles. The summed E-state index contributed by atoms with van der Waals surface area (Å²) in [6.45, 7) is 1.83. The number of nitrogens with one attached hydrogen (secondary N) is 1. The van der Waals surface area contributed by atoms with Crippen LogP contribution >= 0.6 is 27.5 Å². The van der Waals surface area contributed by atoms with Crippen LogP contribution in [0.5, 0.6) is 0 Å². The fourth-order valence-electron chi connectivity index (χ4n) is 1.39. The Morgan fingerprint density at radius 1 is 1.39 bits per heavy atom. The van der Waals surface area contributed by atoms with Crippen LogP contribution in [0.3, 0.4) is 0 Å². The third-order valence-electron chi connectivity index (χ3n) is 2.21. The van der Waals surface area contributed by atoms with Gasteiger partial charge < -0.3 is 5.32 Å². The molecule has 0 saturated heterocycles. The Labute approximate surface area is 118 Å². The maximum absolute atomic E-state index is 12.0. The third-order valence-corrected chi connectivity index (χ3v) is 3.05. The molecule has 0 spiro atoms. The molecule has 0 aliphatic rings. The molecule has 92 valence electrons. The third kappa shape index (κ3) is 3.05. The highest BCUT2D eigenvalue weighted by Crippen LogP contribution is 2.23. The van der Waals surface area contributed by atoms with Crippen molar-refractivity contribution in [1.82, 2.24) is 9.97 Å². The predicted molar refractivity (Wildman–Crippen MR) is 73.9 cm³/mol. The highest BCUT2D eigenvalue weighted by atomic mass is 79.9. The summed E-state index contributed by atoms with van der Waals surface area (Å²) < 4.78 is 0.533. The molecule has 0 atom stereocenters. The van der Waals surface area contributed by atoms with E-state index in [2.05, 4.69) is 31.2 Å². The van der Waals surface area contributed by atoms with Gasteiger partial charge in [-0.2, -0.15) is 0 Å². The highest BCUT2D eigenvalue weighted by Gasteiger charge is 2.09. The van der Waals surface area contributed by atoms with Gasteiger partial charge in [-0.3, -0.25) is 9.78 Å². The second kappa shape index (κ2) is 5.46. The number of hydrogen-bond donors (Lipinski definition) is 1. The molecule has 6 heteroatoms. The highest BCUT2D eigenvalue weighted by molar-refractivity contribution is 9.10. The number of amides is 1. The van der Waals surface area contributed by atoms with E-state index in [0.29, 0.717) is 20.9 Å². The van der Waals surface area contributed by atoms with Gasteiger partial charge in [-0.1, -0.05) is 11.6 Å². The second-order valence-corrected chi connectivity index (χ2v) is 4.82. The summed E-state index contributed by atoms with van der Waals surface area (Å²) in [6, 6.07) is 4.99. The average molecular weight is 327 g/mol. The lowest BCUT2D eigenvalue weighted by atomic mass is 10.2. The van der Waals surface area contributed by atoms with E-state index in [-0.39, 0.29) is 5.91 Å². The largest absolute Gasteiger partial charge is 0.320 e. The molecule has 0 bridgehead atoms. The Bertz CT molecular complexity index is 604. The van der Waals surface area contributed by atoms with E-state index in [4.69, 9.17) is 11.6 Å². The van der Waals surface area contributed by atoms with Gasteiger partial charge in [0.25, 0.3) is 5.91 Å². The topological polar surface area (TPSA) is 54.9 Å². The van der Waals surface area contributed by atoms with E-state index < -0.39 is 0 Å². The van der Waals surface area contributed by atoms with Crippen molar-refractivity contribution >= 4 is 39.1 Å². The molecule has 2 heterocycles. The summed E-state index contributed by atoms with van der Waals surface area (Å²) in [7, 11) is 0. The lowest BCUT2D eigenvalue weighted by Gasteiger charge is -2.07. The minimum atomic E-state index is -0.231. The first-order chi connectivity index (χ1) is 8.56. The summed E-state index contributed by atoms with van der Waals surface area (Å²) in [5.41, 5.74) is 1.85. The molecule has 2 rings (SSSR count). The standard InChI is InChI=1S/C12H9BrClN3O/c1-7-4-8(2-3-15-7)12(18)17-10-5-9(14)6-16-11(10)13/h2-6H,1H3,(H,17,18). The molecule has 0 aliphatic heterocycles. The van der Waals surface area contributed by atoms with Gasteiger partial charge >= 0.3 is 0 Å². The molecule has 0 unspecified atom stereocenters. The molecule has 2 aromatic heterocycles. The molecule has 0 radical (unpaired) electrons. The monoisotopic (exact) mass is 325 g/mol. The first-order valence-electron chi connectivity index (χ1n) is 5.11. The van der Waals surface area contributed by atoms with Gasteiger partial charge in [0.15, 0.2) is 0 Å². The molecule has 1 amide bonds. The number of carbonyl (C=O) groups excluding carboxylic acids is 1. The zero-order valence-corrected chi connectivity index (χ0v) is 11.8. The smallest absolute Gasteiger partial charge is 0.255 e.